The van der Waals surface area contributed by atoms with E-state index < -0.39 is 35.0 Å². The molecular weight excluding hydrogens is 358 g/mol. The van der Waals surface area contributed by atoms with Gasteiger partial charge in [0.15, 0.2) is 0 Å². The lowest BCUT2D eigenvalue weighted by Gasteiger charge is -2.24. The summed E-state index contributed by atoms with van der Waals surface area (Å²) < 4.78 is 4.71. The molecule has 10 heteroatoms. The zero-order valence-corrected chi connectivity index (χ0v) is 15.0. The second kappa shape index (κ2) is 8.58. The number of benzene rings is 1. The van der Waals surface area contributed by atoms with E-state index in [1.165, 1.54) is 43.2 Å². The number of nitro benzene ring substituents is 1. The molecule has 1 fully saturated rings. The molecule has 2 amide bonds. The van der Waals surface area contributed by atoms with Gasteiger partial charge in [-0.15, -0.1) is 0 Å². The second-order valence-corrected chi connectivity index (χ2v) is 6.29. The predicted octanol–water partition coefficient (Wildman–Crippen LogP) is -0.223. The Morgan fingerprint density at radius 2 is 2.00 bits per heavy atom. The van der Waals surface area contributed by atoms with Crippen molar-refractivity contribution in [2.24, 2.45) is 0 Å². The third kappa shape index (κ3) is 5.00. The number of hydrogen-bond donors (Lipinski definition) is 2. The molecule has 27 heavy (non-hydrogen) atoms. The first-order chi connectivity index (χ1) is 12.7. The van der Waals surface area contributed by atoms with Gasteiger partial charge in [-0.2, -0.15) is 0 Å². The van der Waals surface area contributed by atoms with Crippen LogP contribution in [0, 0.1) is 10.1 Å². The van der Waals surface area contributed by atoms with Crippen molar-refractivity contribution in [1.82, 2.24) is 10.2 Å². The van der Waals surface area contributed by atoms with Crippen LogP contribution in [0.5, 0.6) is 0 Å². The quantitative estimate of drug-likeness (QED) is 0.395. The number of hydrogen-bond acceptors (Lipinski definition) is 7. The van der Waals surface area contributed by atoms with Gasteiger partial charge in [0.25, 0.3) is 5.69 Å². The molecule has 0 spiro atoms. The van der Waals surface area contributed by atoms with Crippen molar-refractivity contribution in [3.05, 3.63) is 39.9 Å². The maximum atomic E-state index is 12.6. The molecule has 1 aromatic carbocycles. The summed E-state index contributed by atoms with van der Waals surface area (Å²) >= 11 is 0. The first-order valence-electron chi connectivity index (χ1n) is 8.29. The smallest absolute Gasteiger partial charge is 0.328 e. The molecule has 146 valence electrons. The summed E-state index contributed by atoms with van der Waals surface area (Å²) in [4.78, 5) is 47.7. The summed E-state index contributed by atoms with van der Waals surface area (Å²) in [5.41, 5.74) is 0.501. The van der Waals surface area contributed by atoms with Gasteiger partial charge in [-0.1, -0.05) is 12.1 Å². The van der Waals surface area contributed by atoms with E-state index in [0.29, 0.717) is 5.56 Å². The van der Waals surface area contributed by atoms with Gasteiger partial charge in [0.05, 0.1) is 18.1 Å². The van der Waals surface area contributed by atoms with E-state index >= 15 is 0 Å². The van der Waals surface area contributed by atoms with Crippen LogP contribution in [0.4, 0.5) is 5.69 Å². The second-order valence-electron chi connectivity index (χ2n) is 6.29. The van der Waals surface area contributed by atoms with E-state index in [9.17, 15) is 29.6 Å². The molecular formula is C17H21N3O7. The normalized spacial score (nSPS) is 20.0. The Bertz CT molecular complexity index is 735. The Labute approximate surface area is 155 Å². The number of nitro groups is 1. The van der Waals surface area contributed by atoms with Gasteiger partial charge in [0.2, 0.25) is 11.8 Å². The Balaban J connectivity index is 2.12. The molecule has 2 N–H and O–H groups in total. The van der Waals surface area contributed by atoms with E-state index in [0.717, 1.165) is 0 Å². The first-order valence-corrected chi connectivity index (χ1v) is 8.29. The summed E-state index contributed by atoms with van der Waals surface area (Å²) in [5.74, 6) is -1.61. The highest BCUT2D eigenvalue weighted by molar-refractivity contribution is 5.91. The monoisotopic (exact) mass is 379 g/mol. The van der Waals surface area contributed by atoms with Crippen molar-refractivity contribution >= 4 is 23.5 Å². The zero-order valence-electron chi connectivity index (χ0n) is 15.0. The Morgan fingerprint density at radius 1 is 1.37 bits per heavy atom. The van der Waals surface area contributed by atoms with Crippen LogP contribution < -0.4 is 5.32 Å². The van der Waals surface area contributed by atoms with Crippen LogP contribution in [-0.2, 0) is 25.5 Å². The number of nitrogens with zero attached hydrogens (tertiary/aromatic N) is 2. The Kier molecular flexibility index (Phi) is 6.45. The molecule has 1 aromatic rings. The highest BCUT2D eigenvalue weighted by Gasteiger charge is 2.38. The number of β-amino-alcohol motifs (C(OH)–C–C–N with tert-alkyl or cyclic N) is 1. The Hall–Kier alpha value is -3.01. The predicted molar refractivity (Wildman–Crippen MR) is 92.5 cm³/mol. The lowest BCUT2D eigenvalue weighted by molar-refractivity contribution is -0.384. The molecule has 0 radical (unpaired) electrons. The van der Waals surface area contributed by atoms with Crippen molar-refractivity contribution in [3.63, 3.8) is 0 Å². The number of carbonyl (C=O) groups excluding carboxylic acids is 3. The minimum absolute atomic E-state index is 0.0542. The largest absolute Gasteiger partial charge is 0.467 e. The topological polar surface area (TPSA) is 139 Å². The number of amides is 2. The molecule has 0 aromatic heterocycles. The van der Waals surface area contributed by atoms with Gasteiger partial charge in [0.1, 0.15) is 12.1 Å². The fourth-order valence-electron chi connectivity index (χ4n) is 3.00. The maximum absolute atomic E-state index is 12.6. The number of nitrogens with one attached hydrogen (secondary N) is 1. The summed E-state index contributed by atoms with van der Waals surface area (Å²) in [6.45, 7) is 1.35. The summed E-state index contributed by atoms with van der Waals surface area (Å²) in [5, 5.41) is 23.0. The molecule has 1 aliphatic rings. The number of rotatable bonds is 6. The number of non-ortho nitro benzene ring substituents is 1. The average molecular weight is 379 g/mol. The van der Waals surface area contributed by atoms with Crippen molar-refractivity contribution in [2.45, 2.75) is 38.0 Å². The number of likely N-dealkylation sites (tertiary alicyclic amines) is 1. The summed E-state index contributed by atoms with van der Waals surface area (Å²) in [6, 6.07) is 3.67. The minimum atomic E-state index is -1.03. The summed E-state index contributed by atoms with van der Waals surface area (Å²) in [7, 11) is 1.18. The van der Waals surface area contributed by atoms with Gasteiger partial charge >= 0.3 is 5.97 Å². The van der Waals surface area contributed by atoms with E-state index in [2.05, 4.69) is 5.32 Å². The van der Waals surface area contributed by atoms with Crippen LogP contribution in [0.15, 0.2) is 24.3 Å². The minimum Gasteiger partial charge on any atom is -0.467 e. The zero-order chi connectivity index (χ0) is 20.1. The third-order valence-electron chi connectivity index (χ3n) is 4.38. The standard InChI is InChI=1S/C17H21N3O7/c1-10(21)19-9-13(22)8-15(19)16(23)18-14(17(24)27-2)7-11-3-5-12(6-4-11)20(25)26/h3-6,13-15,22H,7-9H2,1-2H3,(H,18,23)/t13-,14-,15+/m1/s1. The van der Waals surface area contributed by atoms with Crippen molar-refractivity contribution < 1.29 is 29.2 Å². The molecule has 0 saturated carbocycles. The van der Waals surface area contributed by atoms with Crippen LogP contribution in [0.25, 0.3) is 0 Å². The number of methoxy groups -OCH3 is 1. The van der Waals surface area contributed by atoms with Crippen LogP contribution in [0.1, 0.15) is 18.9 Å². The number of aliphatic hydroxyl groups is 1. The van der Waals surface area contributed by atoms with Crippen LogP contribution >= 0.6 is 0 Å². The maximum Gasteiger partial charge on any atom is 0.328 e. The van der Waals surface area contributed by atoms with Crippen LogP contribution in [0.2, 0.25) is 0 Å². The van der Waals surface area contributed by atoms with E-state index in [1.807, 2.05) is 0 Å². The van der Waals surface area contributed by atoms with Crippen molar-refractivity contribution in [3.8, 4) is 0 Å². The van der Waals surface area contributed by atoms with Gasteiger partial charge in [0, 0.05) is 38.4 Å². The highest BCUT2D eigenvalue weighted by Crippen LogP contribution is 2.19. The van der Waals surface area contributed by atoms with Crippen molar-refractivity contribution in [2.75, 3.05) is 13.7 Å². The molecule has 1 heterocycles. The van der Waals surface area contributed by atoms with E-state index in [4.69, 9.17) is 4.74 Å². The number of aliphatic hydroxyl groups excluding tert-OH is 1. The average Bonchev–Trinajstić information content (AvgIpc) is 3.03. The van der Waals surface area contributed by atoms with E-state index in [1.54, 1.807) is 0 Å². The number of carbonyl (C=O) groups is 3. The molecule has 3 atom stereocenters. The van der Waals surface area contributed by atoms with E-state index in [-0.39, 0.29) is 31.0 Å². The molecule has 0 aliphatic carbocycles. The fourth-order valence-corrected chi connectivity index (χ4v) is 3.00. The SMILES string of the molecule is COC(=O)[C@@H](Cc1ccc([N+](=O)[O-])cc1)NC(=O)[C@@H]1C[C@@H](O)CN1C(C)=O. The molecule has 0 bridgehead atoms. The molecule has 1 aliphatic heterocycles. The molecule has 10 nitrogen and oxygen atoms in total. The number of esters is 1. The summed E-state index contributed by atoms with van der Waals surface area (Å²) in [6.07, 6.45) is -0.668. The molecule has 0 unspecified atom stereocenters. The van der Waals surface area contributed by atoms with Crippen LogP contribution in [-0.4, -0.2) is 64.6 Å². The third-order valence-corrected chi connectivity index (χ3v) is 4.38. The number of ether oxygens (including phenoxy) is 1. The van der Waals surface area contributed by atoms with Crippen molar-refractivity contribution in [1.29, 1.82) is 0 Å². The fraction of sp³-hybridized carbons (Fsp3) is 0.471. The lowest BCUT2D eigenvalue weighted by Crippen LogP contribution is -2.51. The van der Waals surface area contributed by atoms with Gasteiger partial charge in [-0.3, -0.25) is 19.7 Å². The van der Waals surface area contributed by atoms with Gasteiger partial charge < -0.3 is 20.1 Å². The van der Waals surface area contributed by atoms with Crippen LogP contribution in [0.3, 0.4) is 0 Å². The molecule has 1 saturated heterocycles. The Morgan fingerprint density at radius 3 is 2.52 bits per heavy atom. The van der Waals surface area contributed by atoms with Gasteiger partial charge in [-0.05, 0) is 5.56 Å². The highest BCUT2D eigenvalue weighted by atomic mass is 16.6. The molecule has 2 rings (SSSR count). The lowest BCUT2D eigenvalue weighted by atomic mass is 10.0. The first kappa shape index (κ1) is 20.3. The van der Waals surface area contributed by atoms with Gasteiger partial charge in [-0.25, -0.2) is 4.79 Å².